The summed E-state index contributed by atoms with van der Waals surface area (Å²) < 4.78 is 14.9. The van der Waals surface area contributed by atoms with E-state index in [1.165, 1.54) is 0 Å². The van der Waals surface area contributed by atoms with Gasteiger partial charge in [0, 0.05) is 15.6 Å². The molecular formula is C31H37Cl2FN2O3. The number of rotatable bonds is 7. The highest BCUT2D eigenvalue weighted by atomic mass is 35.5. The van der Waals surface area contributed by atoms with Gasteiger partial charge in [0.1, 0.15) is 17.0 Å². The summed E-state index contributed by atoms with van der Waals surface area (Å²) in [5.74, 6) is -1.34. The molecule has 4 rings (SSSR count). The van der Waals surface area contributed by atoms with Crippen LogP contribution in [-0.4, -0.2) is 38.9 Å². The van der Waals surface area contributed by atoms with Crippen LogP contribution in [0.3, 0.4) is 0 Å². The Kier molecular flexibility index (Phi) is 8.22. The van der Waals surface area contributed by atoms with Gasteiger partial charge < -0.3 is 10.0 Å². The summed E-state index contributed by atoms with van der Waals surface area (Å²) in [7, 11) is 0. The molecule has 0 saturated heterocycles. The van der Waals surface area contributed by atoms with Crippen LogP contribution in [-0.2, 0) is 4.79 Å². The molecule has 1 aliphatic heterocycles. The van der Waals surface area contributed by atoms with E-state index in [-0.39, 0.29) is 28.8 Å². The Bertz CT molecular complexity index is 1250. The van der Waals surface area contributed by atoms with Gasteiger partial charge in [-0.05, 0) is 99.6 Å². The summed E-state index contributed by atoms with van der Waals surface area (Å²) in [5, 5.41) is 10.3. The Morgan fingerprint density at radius 1 is 1.08 bits per heavy atom. The number of aromatic carboxylic acids is 1. The Balaban J connectivity index is 1.82. The summed E-state index contributed by atoms with van der Waals surface area (Å²) >= 11 is 12.6. The Morgan fingerprint density at radius 2 is 1.64 bits per heavy atom. The minimum Gasteiger partial charge on any atom is -0.478 e. The van der Waals surface area contributed by atoms with Gasteiger partial charge in [-0.3, -0.25) is 9.79 Å². The minimum absolute atomic E-state index is 0.00920. The molecule has 1 N–H and O–H groups in total. The van der Waals surface area contributed by atoms with Crippen LogP contribution in [0.4, 0.5) is 4.39 Å². The van der Waals surface area contributed by atoms with Crippen LogP contribution in [0.25, 0.3) is 0 Å². The number of amides is 1. The van der Waals surface area contributed by atoms with Gasteiger partial charge in [-0.1, -0.05) is 56.1 Å². The molecule has 2 aromatic rings. The molecular weight excluding hydrogens is 538 g/mol. The van der Waals surface area contributed by atoms with Crippen LogP contribution < -0.4 is 0 Å². The largest absolute Gasteiger partial charge is 0.478 e. The van der Waals surface area contributed by atoms with Crippen LogP contribution >= 0.6 is 23.2 Å². The van der Waals surface area contributed by atoms with Gasteiger partial charge in [-0.15, -0.1) is 0 Å². The van der Waals surface area contributed by atoms with Crippen LogP contribution in [0.1, 0.15) is 101 Å². The molecule has 1 fully saturated rings. The molecule has 0 unspecified atom stereocenters. The maximum atomic E-state index is 14.9. The van der Waals surface area contributed by atoms with Gasteiger partial charge >= 0.3 is 5.97 Å². The molecule has 39 heavy (non-hydrogen) atoms. The normalized spacial score (nSPS) is 22.8. The van der Waals surface area contributed by atoms with Gasteiger partial charge in [-0.2, -0.15) is 0 Å². The van der Waals surface area contributed by atoms with E-state index in [1.807, 2.05) is 4.90 Å². The van der Waals surface area contributed by atoms with Crippen molar-refractivity contribution in [1.29, 1.82) is 0 Å². The number of aliphatic imine (C=N–C) groups is 1. The average molecular weight is 576 g/mol. The van der Waals surface area contributed by atoms with E-state index in [1.54, 1.807) is 56.3 Å². The third-order valence-electron chi connectivity index (χ3n) is 8.10. The molecule has 1 saturated carbocycles. The highest BCUT2D eigenvalue weighted by molar-refractivity contribution is 6.47. The van der Waals surface area contributed by atoms with Gasteiger partial charge in [0.2, 0.25) is 0 Å². The second kappa shape index (κ2) is 10.9. The molecule has 1 atom stereocenters. The Hall–Kier alpha value is -2.44. The van der Waals surface area contributed by atoms with Crippen molar-refractivity contribution in [3.8, 4) is 0 Å². The second-order valence-electron chi connectivity index (χ2n) is 12.7. The Labute approximate surface area is 240 Å². The van der Waals surface area contributed by atoms with Crippen molar-refractivity contribution >= 4 is 40.8 Å². The average Bonchev–Trinajstić information content (AvgIpc) is 3.10. The number of halogens is 3. The first-order chi connectivity index (χ1) is 18.1. The van der Waals surface area contributed by atoms with E-state index in [0.717, 1.165) is 12.0 Å². The van der Waals surface area contributed by atoms with Crippen molar-refractivity contribution in [2.75, 3.05) is 0 Å². The number of hydrogen-bond acceptors (Lipinski definition) is 3. The smallest absolute Gasteiger partial charge is 0.335 e. The lowest BCUT2D eigenvalue weighted by molar-refractivity contribution is -0.134. The number of carboxylic acids is 1. The highest BCUT2D eigenvalue weighted by Gasteiger charge is 2.53. The first-order valence-electron chi connectivity index (χ1n) is 13.5. The summed E-state index contributed by atoms with van der Waals surface area (Å²) in [6.45, 7) is 9.70. The maximum Gasteiger partial charge on any atom is 0.335 e. The highest BCUT2D eigenvalue weighted by Crippen LogP contribution is 2.49. The number of nitrogens with zero attached hydrogens (tertiary/aromatic N) is 2. The van der Waals surface area contributed by atoms with Crippen molar-refractivity contribution in [2.24, 2.45) is 16.3 Å². The van der Waals surface area contributed by atoms with Crippen molar-refractivity contribution in [3.63, 3.8) is 0 Å². The van der Waals surface area contributed by atoms with Crippen LogP contribution in [0.15, 0.2) is 47.5 Å². The molecule has 2 aromatic carbocycles. The predicted octanol–water partition coefficient (Wildman–Crippen LogP) is 8.53. The van der Waals surface area contributed by atoms with Crippen LogP contribution in [0.2, 0.25) is 10.0 Å². The number of carboxylic acid groups (broad SMARTS) is 1. The number of carbonyl (C=O) groups is 2. The minimum atomic E-state index is -1.32. The first-order valence-corrected chi connectivity index (χ1v) is 14.3. The third kappa shape index (κ3) is 6.49. The van der Waals surface area contributed by atoms with Gasteiger partial charge in [0.05, 0.1) is 11.6 Å². The van der Waals surface area contributed by atoms with Crippen molar-refractivity contribution in [2.45, 2.75) is 90.5 Å². The molecule has 1 heterocycles. The molecule has 0 bridgehead atoms. The lowest BCUT2D eigenvalue weighted by atomic mass is 9.74. The van der Waals surface area contributed by atoms with Crippen molar-refractivity contribution < 1.29 is 19.1 Å². The number of benzene rings is 2. The second-order valence-corrected chi connectivity index (χ2v) is 13.5. The fourth-order valence-corrected chi connectivity index (χ4v) is 6.43. The zero-order valence-electron chi connectivity index (χ0n) is 23.2. The number of carbonyl (C=O) groups excluding carboxylic acids is 1. The van der Waals surface area contributed by atoms with E-state index in [4.69, 9.17) is 28.2 Å². The molecule has 8 heteroatoms. The zero-order valence-corrected chi connectivity index (χ0v) is 24.7. The van der Waals surface area contributed by atoms with E-state index in [2.05, 4.69) is 20.8 Å². The monoisotopic (exact) mass is 574 g/mol. The Morgan fingerprint density at radius 3 is 2.13 bits per heavy atom. The quantitative estimate of drug-likeness (QED) is 0.360. The van der Waals surface area contributed by atoms with Gasteiger partial charge in [-0.25, -0.2) is 9.18 Å². The standard InChI is InChI=1S/C31H37Cl2FN2O3/c1-29(2,3)13-12-25(19-6-8-20(9-7-19)28(38)39)36-27(37)26(21-16-23(32)18-24(33)17-21)35-31(36)14-10-22(11-15-31)30(4,5)34/h6-9,16-18,22,25H,10-15H2,1-5H3,(H,38,39)/t22?,25-,31?/m1/s1. The molecule has 1 aliphatic carbocycles. The molecule has 2 aliphatic rings. The van der Waals surface area contributed by atoms with Crippen LogP contribution in [0.5, 0.6) is 0 Å². The van der Waals surface area contributed by atoms with E-state index >= 15 is 0 Å². The summed E-state index contributed by atoms with van der Waals surface area (Å²) in [4.78, 5) is 32.9. The molecule has 0 radical (unpaired) electrons. The summed E-state index contributed by atoms with van der Waals surface area (Å²) in [5.41, 5.74) is -0.243. The topological polar surface area (TPSA) is 70.0 Å². The summed E-state index contributed by atoms with van der Waals surface area (Å²) in [6, 6.07) is 11.4. The molecule has 1 amide bonds. The van der Waals surface area contributed by atoms with Crippen molar-refractivity contribution in [1.82, 2.24) is 4.90 Å². The zero-order chi connectivity index (χ0) is 28.8. The molecule has 5 nitrogen and oxygen atoms in total. The van der Waals surface area contributed by atoms with E-state index in [0.29, 0.717) is 53.4 Å². The molecule has 210 valence electrons. The fourth-order valence-electron chi connectivity index (χ4n) is 5.90. The van der Waals surface area contributed by atoms with E-state index < -0.39 is 17.3 Å². The SMILES string of the molecule is CC(C)(C)CC[C@H](c1ccc(C(=O)O)cc1)N1C(=O)C(c2cc(Cl)cc(Cl)c2)=NC12CCC(C(C)(C)F)CC2. The van der Waals surface area contributed by atoms with Gasteiger partial charge in [0.15, 0.2) is 0 Å². The third-order valence-corrected chi connectivity index (χ3v) is 8.54. The van der Waals surface area contributed by atoms with E-state index in [9.17, 15) is 19.1 Å². The molecule has 1 spiro atoms. The lowest BCUT2D eigenvalue weighted by Crippen LogP contribution is -2.52. The van der Waals surface area contributed by atoms with Crippen molar-refractivity contribution in [3.05, 3.63) is 69.2 Å². The number of alkyl halides is 1. The van der Waals surface area contributed by atoms with Crippen LogP contribution in [0, 0.1) is 11.3 Å². The molecule has 0 aromatic heterocycles. The summed E-state index contributed by atoms with van der Waals surface area (Å²) in [6.07, 6.45) is 3.77. The fraction of sp³-hybridized carbons (Fsp3) is 0.516. The first kappa shape index (κ1) is 29.5. The van der Waals surface area contributed by atoms with Gasteiger partial charge in [0.25, 0.3) is 5.91 Å². The number of hydrogen-bond donors (Lipinski definition) is 1. The maximum absolute atomic E-state index is 14.9. The lowest BCUT2D eigenvalue weighted by Gasteiger charge is -2.47. The predicted molar refractivity (Wildman–Crippen MR) is 155 cm³/mol.